The first-order valence-electron chi connectivity index (χ1n) is 6.86. The van der Waals surface area contributed by atoms with Crippen LogP contribution in [0.3, 0.4) is 0 Å². The second kappa shape index (κ2) is 5.74. The van der Waals surface area contributed by atoms with Crippen molar-refractivity contribution in [2.75, 3.05) is 13.1 Å². The van der Waals surface area contributed by atoms with Crippen molar-refractivity contribution < 1.29 is 18.3 Å². The summed E-state index contributed by atoms with van der Waals surface area (Å²) in [5.41, 5.74) is -1.42. The molecule has 5 heteroatoms. The summed E-state index contributed by atoms with van der Waals surface area (Å²) < 4.78 is 38.4. The minimum Gasteiger partial charge on any atom is -0.380 e. The van der Waals surface area contributed by atoms with Crippen LogP contribution >= 0.6 is 0 Å². The molecule has 0 radical (unpaired) electrons. The highest BCUT2D eigenvalue weighted by molar-refractivity contribution is 5.14. The Hall–Kier alpha value is -1.07. The molecule has 1 N–H and O–H groups in total. The number of benzene rings is 1. The maximum Gasteiger partial charge on any atom is 0.417 e. The van der Waals surface area contributed by atoms with Gasteiger partial charge in [-0.05, 0) is 44.3 Å². The van der Waals surface area contributed by atoms with Gasteiger partial charge in [0, 0.05) is 6.54 Å². The van der Waals surface area contributed by atoms with Crippen LogP contribution in [0.25, 0.3) is 0 Å². The van der Waals surface area contributed by atoms with Gasteiger partial charge in [0.05, 0.1) is 0 Å². The summed E-state index contributed by atoms with van der Waals surface area (Å²) in [4.78, 5) is 2.14. The van der Waals surface area contributed by atoms with Gasteiger partial charge in [0.1, 0.15) is 0 Å². The Kier molecular flexibility index (Phi) is 4.39. The Labute approximate surface area is 117 Å². The first-order chi connectivity index (χ1) is 9.30. The molecule has 0 aliphatic carbocycles. The summed E-state index contributed by atoms with van der Waals surface area (Å²) in [5, 5.41) is 9.71. The van der Waals surface area contributed by atoms with Gasteiger partial charge in [-0.25, -0.2) is 0 Å². The number of likely N-dealkylation sites (tertiary alicyclic amines) is 1. The number of halogens is 3. The van der Waals surface area contributed by atoms with Gasteiger partial charge in [-0.2, -0.15) is 13.2 Å². The number of rotatable bonds is 3. The van der Waals surface area contributed by atoms with Crippen molar-refractivity contribution in [3.8, 4) is 0 Å². The zero-order valence-corrected chi connectivity index (χ0v) is 11.5. The van der Waals surface area contributed by atoms with E-state index in [9.17, 15) is 18.3 Å². The van der Waals surface area contributed by atoms with Gasteiger partial charge < -0.3 is 5.11 Å². The van der Waals surface area contributed by atoms with Gasteiger partial charge in [0.2, 0.25) is 0 Å². The Balaban J connectivity index is 1.90. The standard InChI is InChI=1S/C15H20F3NO/c1-14(20,15(16,17)18)13-7-9-19(10-8-13)11-12-5-3-2-4-6-12/h2-6,13,20H,7-11H2,1H3. The third-order valence-corrected chi connectivity index (χ3v) is 4.21. The largest absolute Gasteiger partial charge is 0.417 e. The minimum absolute atomic E-state index is 0.374. The van der Waals surface area contributed by atoms with E-state index in [1.165, 1.54) is 0 Å². The Morgan fingerprint density at radius 3 is 2.20 bits per heavy atom. The molecule has 1 heterocycles. The monoisotopic (exact) mass is 287 g/mol. The molecule has 20 heavy (non-hydrogen) atoms. The lowest BCUT2D eigenvalue weighted by Gasteiger charge is -2.40. The van der Waals surface area contributed by atoms with E-state index in [-0.39, 0.29) is 0 Å². The fourth-order valence-electron chi connectivity index (χ4n) is 2.73. The molecular weight excluding hydrogens is 267 g/mol. The third-order valence-electron chi connectivity index (χ3n) is 4.21. The SMILES string of the molecule is CC(O)(C1CCN(Cc2ccccc2)CC1)C(F)(F)F. The van der Waals surface area contributed by atoms with Crippen molar-refractivity contribution in [1.82, 2.24) is 4.90 Å². The van der Waals surface area contributed by atoms with Crippen LogP contribution in [-0.4, -0.2) is 34.9 Å². The second-order valence-corrected chi connectivity index (χ2v) is 5.68. The molecule has 0 aromatic heterocycles. The van der Waals surface area contributed by atoms with E-state index in [1.54, 1.807) is 0 Å². The summed E-state index contributed by atoms with van der Waals surface area (Å²) in [6.45, 7) is 2.82. The molecule has 0 saturated carbocycles. The molecule has 1 aromatic rings. The number of hydrogen-bond donors (Lipinski definition) is 1. The van der Waals surface area contributed by atoms with Crippen LogP contribution in [0.4, 0.5) is 13.2 Å². The van der Waals surface area contributed by atoms with E-state index in [4.69, 9.17) is 0 Å². The molecule has 1 aliphatic rings. The van der Waals surface area contributed by atoms with E-state index in [0.29, 0.717) is 25.9 Å². The number of aliphatic hydroxyl groups is 1. The average molecular weight is 287 g/mol. The Bertz CT molecular complexity index is 422. The molecule has 0 amide bonds. The highest BCUT2D eigenvalue weighted by atomic mass is 19.4. The molecule has 2 nitrogen and oxygen atoms in total. The smallest absolute Gasteiger partial charge is 0.380 e. The van der Waals surface area contributed by atoms with Crippen molar-refractivity contribution in [2.45, 2.75) is 38.1 Å². The van der Waals surface area contributed by atoms with E-state index >= 15 is 0 Å². The van der Waals surface area contributed by atoms with Crippen LogP contribution in [0.15, 0.2) is 30.3 Å². The zero-order valence-electron chi connectivity index (χ0n) is 11.5. The molecule has 0 bridgehead atoms. The highest BCUT2D eigenvalue weighted by Gasteiger charge is 2.54. The van der Waals surface area contributed by atoms with E-state index < -0.39 is 17.7 Å². The molecule has 1 aromatic carbocycles. The van der Waals surface area contributed by atoms with Crippen molar-refractivity contribution in [1.29, 1.82) is 0 Å². The summed E-state index contributed by atoms with van der Waals surface area (Å²) in [7, 11) is 0. The average Bonchev–Trinajstić information content (AvgIpc) is 2.39. The maximum absolute atomic E-state index is 12.8. The van der Waals surface area contributed by atoms with Crippen molar-refractivity contribution in [2.24, 2.45) is 5.92 Å². The Morgan fingerprint density at radius 2 is 1.70 bits per heavy atom. The van der Waals surface area contributed by atoms with Crippen LogP contribution in [-0.2, 0) is 6.54 Å². The summed E-state index contributed by atoms with van der Waals surface area (Å²) in [6, 6.07) is 9.87. The molecule has 1 fully saturated rings. The maximum atomic E-state index is 12.8. The first-order valence-corrected chi connectivity index (χ1v) is 6.86. The summed E-state index contributed by atoms with van der Waals surface area (Å²) in [5.74, 6) is -0.713. The third kappa shape index (κ3) is 3.33. The number of hydrogen-bond acceptors (Lipinski definition) is 2. The number of nitrogens with zero attached hydrogens (tertiary/aromatic N) is 1. The topological polar surface area (TPSA) is 23.5 Å². The van der Waals surface area contributed by atoms with Crippen LogP contribution in [0, 0.1) is 5.92 Å². The lowest BCUT2D eigenvalue weighted by molar-refractivity contribution is -0.275. The minimum atomic E-state index is -4.56. The summed E-state index contributed by atoms with van der Waals surface area (Å²) >= 11 is 0. The van der Waals surface area contributed by atoms with Gasteiger partial charge in [-0.3, -0.25) is 4.90 Å². The van der Waals surface area contributed by atoms with Crippen LogP contribution < -0.4 is 0 Å². The highest BCUT2D eigenvalue weighted by Crippen LogP contribution is 2.40. The molecule has 1 atom stereocenters. The molecule has 2 rings (SSSR count). The summed E-state index contributed by atoms with van der Waals surface area (Å²) in [6.07, 6.45) is -3.81. The normalized spacial score (nSPS) is 21.6. The van der Waals surface area contributed by atoms with Gasteiger partial charge in [0.15, 0.2) is 5.60 Å². The van der Waals surface area contributed by atoms with Gasteiger partial charge in [-0.15, -0.1) is 0 Å². The van der Waals surface area contributed by atoms with Crippen LogP contribution in [0.5, 0.6) is 0 Å². The quantitative estimate of drug-likeness (QED) is 0.922. The molecule has 1 unspecified atom stereocenters. The van der Waals surface area contributed by atoms with Crippen LogP contribution in [0.1, 0.15) is 25.3 Å². The van der Waals surface area contributed by atoms with Crippen LogP contribution in [0.2, 0.25) is 0 Å². The van der Waals surface area contributed by atoms with E-state index in [1.807, 2.05) is 30.3 Å². The number of alkyl halides is 3. The van der Waals surface area contributed by atoms with E-state index in [0.717, 1.165) is 19.0 Å². The van der Waals surface area contributed by atoms with Gasteiger partial charge >= 0.3 is 6.18 Å². The predicted octanol–water partition coefficient (Wildman–Crippen LogP) is 3.21. The number of piperidine rings is 1. The second-order valence-electron chi connectivity index (χ2n) is 5.68. The molecular formula is C15H20F3NO. The zero-order chi connectivity index (χ0) is 14.8. The predicted molar refractivity (Wildman–Crippen MR) is 71.1 cm³/mol. The van der Waals surface area contributed by atoms with Crippen molar-refractivity contribution >= 4 is 0 Å². The molecule has 0 spiro atoms. The molecule has 1 saturated heterocycles. The van der Waals surface area contributed by atoms with E-state index in [2.05, 4.69) is 4.90 Å². The van der Waals surface area contributed by atoms with Gasteiger partial charge in [0.25, 0.3) is 0 Å². The van der Waals surface area contributed by atoms with Gasteiger partial charge in [-0.1, -0.05) is 30.3 Å². The van der Waals surface area contributed by atoms with Crippen molar-refractivity contribution in [3.63, 3.8) is 0 Å². The fourth-order valence-corrected chi connectivity index (χ4v) is 2.73. The fraction of sp³-hybridized carbons (Fsp3) is 0.600. The lowest BCUT2D eigenvalue weighted by Crippen LogP contribution is -2.52. The molecule has 1 aliphatic heterocycles. The first kappa shape index (κ1) is 15.3. The Morgan fingerprint density at radius 1 is 1.15 bits per heavy atom. The molecule has 112 valence electrons. The van der Waals surface area contributed by atoms with Crippen molar-refractivity contribution in [3.05, 3.63) is 35.9 Å². The lowest BCUT2D eigenvalue weighted by atomic mass is 9.81.